The van der Waals surface area contributed by atoms with Gasteiger partial charge >= 0.3 is 0 Å². The lowest BCUT2D eigenvalue weighted by Gasteiger charge is -2.40. The lowest BCUT2D eigenvalue weighted by Crippen LogP contribution is -2.46. The molecule has 0 saturated carbocycles. The van der Waals surface area contributed by atoms with Crippen LogP contribution in [-0.2, 0) is 16.2 Å². The summed E-state index contributed by atoms with van der Waals surface area (Å²) < 4.78 is 18.9. The van der Waals surface area contributed by atoms with Gasteiger partial charge in [0.15, 0.2) is 0 Å². The Labute approximate surface area is 175 Å². The number of hydrogen-bond acceptors (Lipinski definition) is 3. The summed E-state index contributed by atoms with van der Waals surface area (Å²) in [7, 11) is 0. The fourth-order valence-corrected chi connectivity index (χ4v) is 3.14. The highest BCUT2D eigenvalue weighted by molar-refractivity contribution is 6.01. The number of ether oxygens (including phenoxy) is 1. The van der Waals surface area contributed by atoms with Crippen LogP contribution in [0.5, 0.6) is 5.75 Å². The Morgan fingerprint density at radius 3 is 2.20 bits per heavy atom. The normalized spacial score (nSPS) is 14.9. The van der Waals surface area contributed by atoms with Gasteiger partial charge in [0.1, 0.15) is 24.5 Å². The Bertz CT molecular complexity index is 956. The first-order chi connectivity index (χ1) is 14.6. The Morgan fingerprint density at radius 2 is 1.63 bits per heavy atom. The molecule has 0 aliphatic carbocycles. The third kappa shape index (κ3) is 5.32. The number of nitrogens with zero attached hydrogens (tertiary/aromatic N) is 1. The van der Waals surface area contributed by atoms with Crippen LogP contribution in [0.15, 0.2) is 78.9 Å². The van der Waals surface area contributed by atoms with Crippen LogP contribution in [0.1, 0.15) is 36.9 Å². The smallest absolute Gasteiger partial charge is 0.230 e. The van der Waals surface area contributed by atoms with Gasteiger partial charge in [0.05, 0.1) is 12.5 Å². The molecule has 0 bridgehead atoms. The van der Waals surface area contributed by atoms with Crippen LogP contribution in [0, 0.1) is 5.82 Å². The molecule has 1 saturated heterocycles. The second kappa shape index (κ2) is 10.3. The fraction of sp³-hybridized carbons (Fsp3) is 0.200. The molecule has 3 aromatic carbocycles. The predicted molar refractivity (Wildman–Crippen MR) is 115 cm³/mol. The number of anilines is 1. The molecule has 1 unspecified atom stereocenters. The topological polar surface area (TPSA) is 46.6 Å². The maximum Gasteiger partial charge on any atom is 0.230 e. The monoisotopic (exact) mass is 405 g/mol. The van der Waals surface area contributed by atoms with Crippen molar-refractivity contribution in [3.8, 4) is 5.75 Å². The Hall–Kier alpha value is -3.47. The van der Waals surface area contributed by atoms with E-state index in [1.54, 1.807) is 17.0 Å². The molecule has 3 aromatic rings. The summed E-state index contributed by atoms with van der Waals surface area (Å²) >= 11 is 0. The van der Waals surface area contributed by atoms with E-state index in [1.165, 1.54) is 12.1 Å². The lowest BCUT2D eigenvalue weighted by molar-refractivity contribution is -0.124. The number of carbonyl (C=O) groups excluding carboxylic acids is 2. The van der Waals surface area contributed by atoms with Crippen molar-refractivity contribution < 1.29 is 18.7 Å². The molecule has 1 aliphatic rings. The van der Waals surface area contributed by atoms with Gasteiger partial charge in [-0.05, 0) is 47.5 Å². The van der Waals surface area contributed by atoms with Gasteiger partial charge in [0.25, 0.3) is 0 Å². The quantitative estimate of drug-likeness (QED) is 0.403. The molecule has 0 aromatic heterocycles. The van der Waals surface area contributed by atoms with Crippen molar-refractivity contribution in [2.75, 3.05) is 4.90 Å². The van der Waals surface area contributed by atoms with E-state index in [4.69, 9.17) is 4.74 Å². The summed E-state index contributed by atoms with van der Waals surface area (Å²) in [5, 5.41) is 0. The maximum atomic E-state index is 13.1. The van der Waals surface area contributed by atoms with Crippen LogP contribution in [0.4, 0.5) is 10.1 Å². The number of aldehydes is 1. The molecule has 0 N–H and O–H groups in total. The molecule has 1 amide bonds. The second-order valence-corrected chi connectivity index (χ2v) is 6.88. The van der Waals surface area contributed by atoms with E-state index in [0.717, 1.165) is 28.8 Å². The molecular formula is C25H24FNO3. The summed E-state index contributed by atoms with van der Waals surface area (Å²) in [5.74, 6) is 0.529. The van der Waals surface area contributed by atoms with Gasteiger partial charge in [-0.1, -0.05) is 49.4 Å². The van der Waals surface area contributed by atoms with Crippen LogP contribution in [0.25, 0.3) is 0 Å². The van der Waals surface area contributed by atoms with Crippen molar-refractivity contribution >= 4 is 17.9 Å². The van der Waals surface area contributed by atoms with Crippen LogP contribution < -0.4 is 9.64 Å². The van der Waals surface area contributed by atoms with Crippen molar-refractivity contribution in [2.24, 2.45) is 0 Å². The van der Waals surface area contributed by atoms with Crippen molar-refractivity contribution in [3.05, 3.63) is 95.8 Å². The van der Waals surface area contributed by atoms with Crippen molar-refractivity contribution in [3.63, 3.8) is 0 Å². The van der Waals surface area contributed by atoms with Gasteiger partial charge < -0.3 is 14.4 Å². The van der Waals surface area contributed by atoms with Crippen LogP contribution in [-0.4, -0.2) is 12.2 Å². The number of hydrogen-bond donors (Lipinski definition) is 0. The number of halogens is 1. The summed E-state index contributed by atoms with van der Waals surface area (Å²) in [6.07, 6.45) is 1.97. The maximum absolute atomic E-state index is 13.1. The molecule has 1 atom stereocenters. The third-order valence-corrected chi connectivity index (χ3v) is 4.73. The van der Waals surface area contributed by atoms with Crippen LogP contribution in [0.2, 0.25) is 0 Å². The predicted octanol–water partition coefficient (Wildman–Crippen LogP) is 5.48. The Morgan fingerprint density at radius 1 is 1.00 bits per heavy atom. The Kier molecular flexibility index (Phi) is 7.33. The molecule has 154 valence electrons. The molecule has 0 spiro atoms. The lowest BCUT2D eigenvalue weighted by atomic mass is 9.93. The van der Waals surface area contributed by atoms with E-state index >= 15 is 0 Å². The summed E-state index contributed by atoms with van der Waals surface area (Å²) in [6.45, 7) is 2.33. The van der Waals surface area contributed by atoms with Gasteiger partial charge in [-0.15, -0.1) is 0 Å². The fourth-order valence-electron chi connectivity index (χ4n) is 3.14. The van der Waals surface area contributed by atoms with Gasteiger partial charge in [-0.3, -0.25) is 4.79 Å². The SMILES string of the molecule is CCC=O.O=C1CC(c2ccc(OCc3ccccc3)cc2)N1c1ccc(F)cc1. The van der Waals surface area contributed by atoms with Crippen molar-refractivity contribution in [1.29, 1.82) is 0 Å². The molecule has 0 radical (unpaired) electrons. The minimum atomic E-state index is -0.307. The molecule has 1 fully saturated rings. The molecule has 5 heteroatoms. The molecule has 4 rings (SSSR count). The average Bonchev–Trinajstić information content (AvgIpc) is 2.79. The zero-order valence-corrected chi connectivity index (χ0v) is 16.8. The first-order valence-electron chi connectivity index (χ1n) is 9.90. The number of benzene rings is 3. The molecule has 1 aliphatic heterocycles. The van der Waals surface area contributed by atoms with E-state index in [9.17, 15) is 14.0 Å². The third-order valence-electron chi connectivity index (χ3n) is 4.73. The van der Waals surface area contributed by atoms with Gasteiger partial charge in [0.2, 0.25) is 5.91 Å². The first-order valence-corrected chi connectivity index (χ1v) is 9.90. The van der Waals surface area contributed by atoms with E-state index in [0.29, 0.717) is 19.4 Å². The highest BCUT2D eigenvalue weighted by Gasteiger charge is 2.38. The summed E-state index contributed by atoms with van der Waals surface area (Å²) in [4.78, 5) is 22.9. The second-order valence-electron chi connectivity index (χ2n) is 6.88. The Balaban J connectivity index is 0.000000589. The van der Waals surface area contributed by atoms with Crippen molar-refractivity contribution in [1.82, 2.24) is 0 Å². The van der Waals surface area contributed by atoms with Gasteiger partial charge in [-0.2, -0.15) is 0 Å². The number of carbonyl (C=O) groups is 2. The molecule has 1 heterocycles. The number of rotatable bonds is 6. The standard InChI is InChI=1S/C22H18FNO2.C3H6O/c23-18-8-10-19(11-9-18)24-21(14-22(24)25)17-6-12-20(13-7-17)26-15-16-4-2-1-3-5-16;1-2-3-4/h1-13,21H,14-15H2;3H,2H2,1H3. The first kappa shape index (κ1) is 21.2. The highest BCUT2D eigenvalue weighted by Crippen LogP contribution is 2.39. The molecule has 4 nitrogen and oxygen atoms in total. The molecule has 30 heavy (non-hydrogen) atoms. The highest BCUT2D eigenvalue weighted by atomic mass is 19.1. The number of β-lactam (4-membered cyclic amide) rings is 1. The van der Waals surface area contributed by atoms with E-state index < -0.39 is 0 Å². The van der Waals surface area contributed by atoms with E-state index in [1.807, 2.05) is 61.5 Å². The zero-order chi connectivity index (χ0) is 21.3. The zero-order valence-electron chi connectivity index (χ0n) is 16.8. The van der Waals surface area contributed by atoms with Crippen molar-refractivity contribution in [2.45, 2.75) is 32.4 Å². The van der Waals surface area contributed by atoms with Gasteiger partial charge in [0, 0.05) is 12.1 Å². The summed E-state index contributed by atoms with van der Waals surface area (Å²) in [6, 6.07) is 23.8. The summed E-state index contributed by atoms with van der Waals surface area (Å²) in [5.41, 5.74) is 2.88. The van der Waals surface area contributed by atoms with Gasteiger partial charge in [-0.25, -0.2) is 4.39 Å². The number of amides is 1. The average molecular weight is 405 g/mol. The van der Waals surface area contributed by atoms with E-state index in [2.05, 4.69) is 0 Å². The molecular weight excluding hydrogens is 381 g/mol. The minimum Gasteiger partial charge on any atom is -0.489 e. The van der Waals surface area contributed by atoms with Crippen LogP contribution in [0.3, 0.4) is 0 Å². The van der Waals surface area contributed by atoms with Crippen LogP contribution >= 0.6 is 0 Å². The van der Waals surface area contributed by atoms with E-state index in [-0.39, 0.29) is 17.8 Å². The largest absolute Gasteiger partial charge is 0.489 e. The minimum absolute atomic E-state index is 0.0175.